The van der Waals surface area contributed by atoms with Crippen molar-refractivity contribution >= 4 is 25.8 Å². The summed E-state index contributed by atoms with van der Waals surface area (Å²) in [6.45, 7) is 3.73. The molecule has 0 radical (unpaired) electrons. The monoisotopic (exact) mass is 498 g/mol. The van der Waals surface area contributed by atoms with Crippen LogP contribution in [0.25, 0.3) is 0 Å². The van der Waals surface area contributed by atoms with Crippen molar-refractivity contribution < 1.29 is 16.8 Å². The van der Waals surface area contributed by atoms with Gasteiger partial charge in [-0.1, -0.05) is 65.7 Å². The van der Waals surface area contributed by atoms with Crippen LogP contribution in [0.1, 0.15) is 29.5 Å². The molecule has 0 bridgehead atoms. The van der Waals surface area contributed by atoms with E-state index < -0.39 is 26.2 Å². The second kappa shape index (κ2) is 9.67. The van der Waals surface area contributed by atoms with Crippen LogP contribution in [-0.2, 0) is 20.0 Å². The molecule has 3 aromatic carbocycles. The standard InChI is InChI=1S/C24H26N4O4S2/c1-18-8-12-21(13-9-18)33(29,30)27-25-24-17-16-23(20-6-4-3-5-7-20)26-28(24)34(31,32)22-14-10-19(2)11-15-22/h3-15,24-25,27H,16-17H2,1-2H3. The van der Waals surface area contributed by atoms with Gasteiger partial charge in [0.25, 0.3) is 20.0 Å². The Kier molecular flexibility index (Phi) is 6.85. The fourth-order valence-electron chi connectivity index (χ4n) is 3.54. The summed E-state index contributed by atoms with van der Waals surface area (Å²) in [6, 6.07) is 22.1. The van der Waals surface area contributed by atoms with Gasteiger partial charge in [-0.3, -0.25) is 0 Å². The molecule has 0 saturated carbocycles. The zero-order valence-corrected chi connectivity index (χ0v) is 20.5. The molecule has 1 aliphatic rings. The van der Waals surface area contributed by atoms with E-state index >= 15 is 0 Å². The van der Waals surface area contributed by atoms with Crippen molar-refractivity contribution in [3.63, 3.8) is 0 Å². The number of hydrazine groups is 1. The van der Waals surface area contributed by atoms with E-state index in [-0.39, 0.29) is 9.79 Å². The normalized spacial score (nSPS) is 16.8. The van der Waals surface area contributed by atoms with E-state index in [2.05, 4.69) is 15.4 Å². The van der Waals surface area contributed by atoms with Gasteiger partial charge in [-0.05, 0) is 56.5 Å². The first-order chi connectivity index (χ1) is 16.2. The molecule has 0 spiro atoms. The van der Waals surface area contributed by atoms with Gasteiger partial charge in [0.05, 0.1) is 15.5 Å². The lowest BCUT2D eigenvalue weighted by atomic mass is 10.0. The fraction of sp³-hybridized carbons (Fsp3) is 0.208. The second-order valence-corrected chi connectivity index (χ2v) is 11.6. The van der Waals surface area contributed by atoms with Crippen LogP contribution in [0.15, 0.2) is 93.8 Å². The molecule has 178 valence electrons. The number of nitrogens with zero attached hydrogens (tertiary/aromatic N) is 2. The zero-order valence-electron chi connectivity index (χ0n) is 18.8. The third-order valence-electron chi connectivity index (χ3n) is 5.50. The van der Waals surface area contributed by atoms with Crippen LogP contribution in [0.4, 0.5) is 0 Å². The molecule has 0 aliphatic carbocycles. The van der Waals surface area contributed by atoms with Gasteiger partial charge in [0.2, 0.25) is 0 Å². The molecule has 10 heteroatoms. The van der Waals surface area contributed by atoms with Gasteiger partial charge in [-0.2, -0.15) is 17.9 Å². The molecule has 1 unspecified atom stereocenters. The fourth-order valence-corrected chi connectivity index (χ4v) is 5.84. The number of hydrogen-bond donors (Lipinski definition) is 2. The predicted octanol–water partition coefficient (Wildman–Crippen LogP) is 3.30. The number of rotatable bonds is 7. The minimum absolute atomic E-state index is 0.0721. The molecule has 1 heterocycles. The summed E-state index contributed by atoms with van der Waals surface area (Å²) in [7, 11) is -7.97. The molecule has 1 atom stereocenters. The molecule has 4 rings (SSSR count). The molecule has 3 aromatic rings. The van der Waals surface area contributed by atoms with Crippen LogP contribution in [0.2, 0.25) is 0 Å². The molecule has 0 fully saturated rings. The lowest BCUT2D eigenvalue weighted by Gasteiger charge is -2.33. The van der Waals surface area contributed by atoms with E-state index in [1.54, 1.807) is 24.3 Å². The summed E-state index contributed by atoms with van der Waals surface area (Å²) in [5, 5.41) is 4.45. The molecular weight excluding hydrogens is 472 g/mol. The third-order valence-corrected chi connectivity index (χ3v) is 8.48. The van der Waals surface area contributed by atoms with Gasteiger partial charge < -0.3 is 0 Å². The lowest BCUT2D eigenvalue weighted by Crippen LogP contribution is -2.54. The maximum Gasteiger partial charge on any atom is 0.280 e. The number of hydrogen-bond acceptors (Lipinski definition) is 6. The maximum atomic E-state index is 13.5. The Bertz CT molecular complexity index is 1390. The van der Waals surface area contributed by atoms with Crippen LogP contribution < -0.4 is 10.3 Å². The van der Waals surface area contributed by atoms with Crippen LogP contribution in [-0.4, -0.2) is 33.1 Å². The Balaban J connectivity index is 1.66. The summed E-state index contributed by atoms with van der Waals surface area (Å²) in [4.78, 5) is 2.47. The van der Waals surface area contributed by atoms with Crippen LogP contribution in [0.3, 0.4) is 0 Å². The molecule has 0 saturated heterocycles. The smallest absolute Gasteiger partial charge is 0.219 e. The number of aryl methyl sites for hydroxylation is 2. The highest BCUT2D eigenvalue weighted by Crippen LogP contribution is 2.26. The first kappa shape index (κ1) is 24.1. The largest absolute Gasteiger partial charge is 0.280 e. The first-order valence-electron chi connectivity index (χ1n) is 10.7. The van der Waals surface area contributed by atoms with Gasteiger partial charge >= 0.3 is 0 Å². The highest BCUT2D eigenvalue weighted by atomic mass is 32.2. The van der Waals surface area contributed by atoms with Gasteiger partial charge in [-0.25, -0.2) is 13.8 Å². The van der Waals surface area contributed by atoms with Gasteiger partial charge in [0, 0.05) is 0 Å². The van der Waals surface area contributed by atoms with Crippen molar-refractivity contribution in [2.45, 2.75) is 42.6 Å². The Labute approximate surface area is 200 Å². The van der Waals surface area contributed by atoms with Crippen molar-refractivity contribution in [1.82, 2.24) is 14.7 Å². The van der Waals surface area contributed by atoms with E-state index in [9.17, 15) is 16.8 Å². The number of benzene rings is 3. The molecule has 1 aliphatic heterocycles. The van der Waals surface area contributed by atoms with Crippen LogP contribution in [0, 0.1) is 13.8 Å². The number of nitrogens with one attached hydrogen (secondary N) is 2. The van der Waals surface area contributed by atoms with Crippen molar-refractivity contribution in [1.29, 1.82) is 0 Å². The topological polar surface area (TPSA) is 108 Å². The van der Waals surface area contributed by atoms with Crippen molar-refractivity contribution in [3.05, 3.63) is 95.6 Å². The Morgan fingerprint density at radius 2 is 1.35 bits per heavy atom. The molecule has 0 aromatic heterocycles. The van der Waals surface area contributed by atoms with E-state index in [4.69, 9.17) is 0 Å². The molecule has 2 N–H and O–H groups in total. The zero-order chi connectivity index (χ0) is 24.3. The molecule has 0 amide bonds. The highest BCUT2D eigenvalue weighted by Gasteiger charge is 2.35. The average Bonchev–Trinajstić information content (AvgIpc) is 2.84. The van der Waals surface area contributed by atoms with Crippen LogP contribution in [0.5, 0.6) is 0 Å². The van der Waals surface area contributed by atoms with Crippen LogP contribution >= 0.6 is 0 Å². The molecule has 8 nitrogen and oxygen atoms in total. The Morgan fingerprint density at radius 1 is 0.794 bits per heavy atom. The van der Waals surface area contributed by atoms with Crippen molar-refractivity contribution in [2.75, 3.05) is 0 Å². The number of sulfonamides is 2. The first-order valence-corrected chi connectivity index (χ1v) is 13.7. The van der Waals surface area contributed by atoms with Crippen molar-refractivity contribution in [3.8, 4) is 0 Å². The predicted molar refractivity (Wildman–Crippen MR) is 131 cm³/mol. The summed E-state index contributed by atoms with van der Waals surface area (Å²) < 4.78 is 53.5. The Morgan fingerprint density at radius 3 is 1.94 bits per heavy atom. The number of hydrazone groups is 1. The van der Waals surface area contributed by atoms with E-state index in [1.807, 2.05) is 44.2 Å². The quantitative estimate of drug-likeness (QED) is 0.486. The maximum absolute atomic E-state index is 13.5. The van der Waals surface area contributed by atoms with Crippen molar-refractivity contribution in [2.24, 2.45) is 5.10 Å². The van der Waals surface area contributed by atoms with E-state index in [0.29, 0.717) is 18.6 Å². The minimum Gasteiger partial charge on any atom is -0.219 e. The summed E-state index contributed by atoms with van der Waals surface area (Å²) >= 11 is 0. The summed E-state index contributed by atoms with van der Waals surface area (Å²) in [6.07, 6.45) is -0.137. The van der Waals surface area contributed by atoms with Gasteiger partial charge in [-0.15, -0.1) is 4.83 Å². The average molecular weight is 499 g/mol. The van der Waals surface area contributed by atoms with Gasteiger partial charge in [0.1, 0.15) is 6.17 Å². The minimum atomic E-state index is -4.06. The van der Waals surface area contributed by atoms with Gasteiger partial charge in [0.15, 0.2) is 0 Å². The summed E-state index contributed by atoms with van der Waals surface area (Å²) in [5.74, 6) is 0. The van der Waals surface area contributed by atoms with E-state index in [1.165, 1.54) is 24.3 Å². The SMILES string of the molecule is Cc1ccc(S(=O)(=O)NNC2CCC(c3ccccc3)=NN2S(=O)(=O)c2ccc(C)cc2)cc1. The third kappa shape index (κ3) is 5.20. The molecular formula is C24H26N4O4S2. The lowest BCUT2D eigenvalue weighted by molar-refractivity contribution is 0.248. The Hall–Kier alpha value is -3.05. The molecule has 34 heavy (non-hydrogen) atoms. The second-order valence-electron chi connectivity index (χ2n) is 8.12. The van der Waals surface area contributed by atoms with E-state index in [0.717, 1.165) is 21.1 Å². The summed E-state index contributed by atoms with van der Waals surface area (Å²) in [5.41, 5.74) is 5.95. The highest BCUT2D eigenvalue weighted by molar-refractivity contribution is 7.89.